The van der Waals surface area contributed by atoms with Gasteiger partial charge in [-0.3, -0.25) is 5.73 Å². The first-order valence-electron chi connectivity index (χ1n) is 5.11. The highest BCUT2D eigenvalue weighted by Gasteiger charge is 2.28. The van der Waals surface area contributed by atoms with Crippen molar-refractivity contribution in [3.05, 3.63) is 53.8 Å². The molecule has 0 fully saturated rings. The fraction of sp³-hybridized carbons (Fsp3) is 0.231. The number of ether oxygens (including phenoxy) is 1. The first kappa shape index (κ1) is 10.9. The van der Waals surface area contributed by atoms with E-state index in [0.29, 0.717) is 5.76 Å². The second kappa shape index (κ2) is 4.10. The van der Waals surface area contributed by atoms with Gasteiger partial charge in [-0.05, 0) is 17.2 Å². The average molecular weight is 219 g/mol. The van der Waals surface area contributed by atoms with E-state index in [1.54, 1.807) is 0 Å². The number of alkyl halides is 1. The summed E-state index contributed by atoms with van der Waals surface area (Å²) < 4.78 is 18.9. The lowest BCUT2D eigenvalue weighted by Crippen LogP contribution is -2.34. The number of rotatable bonds is 2. The van der Waals surface area contributed by atoms with Gasteiger partial charge in [0.1, 0.15) is 5.76 Å². The maximum absolute atomic E-state index is 13.8. The maximum Gasteiger partial charge on any atom is 0.185 e. The predicted octanol–water partition coefficient (Wildman–Crippen LogP) is 2.63. The molecule has 2 N–H and O–H groups in total. The summed E-state index contributed by atoms with van der Waals surface area (Å²) in [5, 5.41) is 0. The van der Waals surface area contributed by atoms with E-state index in [1.807, 2.05) is 36.4 Å². The Bertz CT molecular complexity index is 435. The van der Waals surface area contributed by atoms with Crippen LogP contribution in [0.15, 0.2) is 48.2 Å². The van der Waals surface area contributed by atoms with Crippen molar-refractivity contribution in [2.24, 2.45) is 5.73 Å². The molecule has 2 nitrogen and oxygen atoms in total. The molecule has 0 radical (unpaired) electrons. The second-order valence-electron chi connectivity index (χ2n) is 3.89. The van der Waals surface area contributed by atoms with Crippen LogP contribution in [-0.2, 0) is 4.74 Å². The van der Waals surface area contributed by atoms with Crippen molar-refractivity contribution in [1.82, 2.24) is 0 Å². The van der Waals surface area contributed by atoms with Gasteiger partial charge in [0, 0.05) is 12.5 Å². The largest absolute Gasteiger partial charge is 0.497 e. The number of hydrogen-bond donors (Lipinski definition) is 1. The molecule has 84 valence electrons. The van der Waals surface area contributed by atoms with Crippen molar-refractivity contribution in [2.75, 3.05) is 7.11 Å². The lowest BCUT2D eigenvalue weighted by molar-refractivity contribution is 0.223. The zero-order valence-corrected chi connectivity index (χ0v) is 9.11. The number of halogens is 1. The van der Waals surface area contributed by atoms with E-state index in [9.17, 15) is 4.39 Å². The Kier molecular flexibility index (Phi) is 2.79. The number of hydrogen-bond acceptors (Lipinski definition) is 2. The second-order valence-corrected chi connectivity index (χ2v) is 3.89. The van der Waals surface area contributed by atoms with E-state index < -0.39 is 5.79 Å². The quantitative estimate of drug-likeness (QED) is 0.776. The van der Waals surface area contributed by atoms with Gasteiger partial charge < -0.3 is 4.74 Å². The minimum Gasteiger partial charge on any atom is -0.497 e. The molecule has 0 saturated carbocycles. The lowest BCUT2D eigenvalue weighted by atomic mass is 9.92. The Balaban J connectivity index is 2.37. The van der Waals surface area contributed by atoms with Gasteiger partial charge in [0.05, 0.1) is 7.11 Å². The molecule has 0 aromatic heterocycles. The fourth-order valence-corrected chi connectivity index (χ4v) is 1.80. The third-order valence-electron chi connectivity index (χ3n) is 2.54. The van der Waals surface area contributed by atoms with E-state index in [0.717, 1.165) is 11.1 Å². The summed E-state index contributed by atoms with van der Waals surface area (Å²) in [4.78, 5) is 0. The SMILES string of the molecule is COC1=CC(N)(F)CC(c2ccccc2)=C1. The molecule has 0 heterocycles. The molecule has 0 spiro atoms. The van der Waals surface area contributed by atoms with Crippen LogP contribution in [0.5, 0.6) is 0 Å². The molecule has 1 aliphatic carbocycles. The summed E-state index contributed by atoms with van der Waals surface area (Å²) in [5.41, 5.74) is 7.33. The van der Waals surface area contributed by atoms with Crippen LogP contribution in [0.4, 0.5) is 4.39 Å². The smallest absolute Gasteiger partial charge is 0.185 e. The zero-order valence-electron chi connectivity index (χ0n) is 9.11. The van der Waals surface area contributed by atoms with Gasteiger partial charge in [0.15, 0.2) is 5.79 Å². The van der Waals surface area contributed by atoms with E-state index in [-0.39, 0.29) is 6.42 Å². The van der Waals surface area contributed by atoms with Gasteiger partial charge in [0.25, 0.3) is 0 Å². The molecule has 0 aliphatic heterocycles. The van der Waals surface area contributed by atoms with Gasteiger partial charge in [-0.25, -0.2) is 4.39 Å². The van der Waals surface area contributed by atoms with E-state index in [2.05, 4.69) is 0 Å². The number of benzene rings is 1. The topological polar surface area (TPSA) is 35.2 Å². The van der Waals surface area contributed by atoms with Crippen molar-refractivity contribution in [3.63, 3.8) is 0 Å². The molecule has 3 heteroatoms. The highest BCUT2D eigenvalue weighted by Crippen LogP contribution is 2.32. The highest BCUT2D eigenvalue weighted by molar-refractivity contribution is 5.70. The van der Waals surface area contributed by atoms with Crippen LogP contribution in [0.25, 0.3) is 5.57 Å². The Morgan fingerprint density at radius 1 is 1.31 bits per heavy atom. The monoisotopic (exact) mass is 219 g/mol. The zero-order chi connectivity index (χ0) is 11.6. The molecular weight excluding hydrogens is 205 g/mol. The molecule has 2 rings (SSSR count). The Hall–Kier alpha value is -1.61. The summed E-state index contributed by atoms with van der Waals surface area (Å²) >= 11 is 0. The van der Waals surface area contributed by atoms with Gasteiger partial charge in [0.2, 0.25) is 0 Å². The van der Waals surface area contributed by atoms with Gasteiger partial charge >= 0.3 is 0 Å². The van der Waals surface area contributed by atoms with Crippen LogP contribution < -0.4 is 5.73 Å². The van der Waals surface area contributed by atoms with Crippen molar-refractivity contribution in [2.45, 2.75) is 12.2 Å². The van der Waals surface area contributed by atoms with Gasteiger partial charge in [-0.15, -0.1) is 0 Å². The van der Waals surface area contributed by atoms with Crippen LogP contribution in [0.1, 0.15) is 12.0 Å². The third-order valence-corrected chi connectivity index (χ3v) is 2.54. The average Bonchev–Trinajstić information content (AvgIpc) is 2.28. The van der Waals surface area contributed by atoms with Crippen LogP contribution in [0.3, 0.4) is 0 Å². The van der Waals surface area contributed by atoms with Crippen molar-refractivity contribution in [3.8, 4) is 0 Å². The van der Waals surface area contributed by atoms with Crippen molar-refractivity contribution >= 4 is 5.57 Å². The van der Waals surface area contributed by atoms with Crippen LogP contribution in [-0.4, -0.2) is 12.9 Å². The van der Waals surface area contributed by atoms with Crippen LogP contribution in [0, 0.1) is 0 Å². The highest BCUT2D eigenvalue weighted by atomic mass is 19.1. The molecule has 1 aromatic rings. The summed E-state index contributed by atoms with van der Waals surface area (Å²) in [5.74, 6) is -1.36. The molecule has 0 bridgehead atoms. The van der Waals surface area contributed by atoms with Crippen LogP contribution in [0.2, 0.25) is 0 Å². The molecule has 16 heavy (non-hydrogen) atoms. The van der Waals surface area contributed by atoms with E-state index in [1.165, 1.54) is 13.2 Å². The number of methoxy groups -OCH3 is 1. The van der Waals surface area contributed by atoms with Crippen LogP contribution >= 0.6 is 0 Å². The summed E-state index contributed by atoms with van der Waals surface area (Å²) in [6, 6.07) is 9.61. The number of allylic oxidation sites excluding steroid dienone is 1. The summed E-state index contributed by atoms with van der Waals surface area (Å²) in [7, 11) is 1.51. The summed E-state index contributed by atoms with van der Waals surface area (Å²) in [6.45, 7) is 0. The molecule has 1 aromatic carbocycles. The summed E-state index contributed by atoms with van der Waals surface area (Å²) in [6.07, 6.45) is 3.29. The molecule has 0 amide bonds. The minimum atomic E-state index is -1.83. The van der Waals surface area contributed by atoms with Gasteiger partial charge in [-0.1, -0.05) is 30.3 Å². The number of nitrogens with two attached hydrogens (primary N) is 1. The Morgan fingerprint density at radius 3 is 2.62 bits per heavy atom. The molecule has 0 saturated heterocycles. The van der Waals surface area contributed by atoms with Crippen molar-refractivity contribution in [1.29, 1.82) is 0 Å². The van der Waals surface area contributed by atoms with Gasteiger partial charge in [-0.2, -0.15) is 0 Å². The molecule has 1 aliphatic rings. The maximum atomic E-state index is 13.8. The predicted molar refractivity (Wildman–Crippen MR) is 62.2 cm³/mol. The third kappa shape index (κ3) is 2.31. The Morgan fingerprint density at radius 2 is 2.00 bits per heavy atom. The van der Waals surface area contributed by atoms with E-state index >= 15 is 0 Å². The normalized spacial score (nSPS) is 24.7. The fourth-order valence-electron chi connectivity index (χ4n) is 1.80. The minimum absolute atomic E-state index is 0.171. The standard InChI is InChI=1S/C13H14FNO/c1-16-12-7-11(8-13(14,15)9-12)10-5-3-2-4-6-10/h2-7,9H,8,15H2,1H3. The first-order valence-corrected chi connectivity index (χ1v) is 5.11. The lowest BCUT2D eigenvalue weighted by Gasteiger charge is -2.23. The molecule has 1 atom stereocenters. The molecular formula is C13H14FNO. The Labute approximate surface area is 94.2 Å². The van der Waals surface area contributed by atoms with Crippen molar-refractivity contribution < 1.29 is 9.13 Å². The first-order chi connectivity index (χ1) is 7.61. The van der Waals surface area contributed by atoms with E-state index in [4.69, 9.17) is 10.5 Å². The molecule has 1 unspecified atom stereocenters.